The first kappa shape index (κ1) is 21.6. The van der Waals surface area contributed by atoms with Gasteiger partial charge in [0.25, 0.3) is 0 Å². The van der Waals surface area contributed by atoms with Gasteiger partial charge in [-0.2, -0.15) is 0 Å². The number of aromatic nitrogens is 3. The number of nitrogens with zero attached hydrogens (tertiary/aromatic N) is 3. The third kappa shape index (κ3) is 4.11. The largest absolute Gasteiger partial charge is 0.497 e. The van der Waals surface area contributed by atoms with Gasteiger partial charge in [0.2, 0.25) is 0 Å². The van der Waals surface area contributed by atoms with Crippen LogP contribution in [0, 0.1) is 5.92 Å². The van der Waals surface area contributed by atoms with Gasteiger partial charge in [-0.05, 0) is 55.0 Å². The van der Waals surface area contributed by atoms with E-state index in [4.69, 9.17) is 26.3 Å². The molecule has 0 fully saturated rings. The number of benzene rings is 1. The van der Waals surface area contributed by atoms with E-state index < -0.39 is 0 Å². The molecule has 1 aromatic carbocycles. The fourth-order valence-electron chi connectivity index (χ4n) is 4.38. The molecule has 2 atom stereocenters. The number of pyridine rings is 1. The molecule has 1 aliphatic carbocycles. The second-order valence-corrected chi connectivity index (χ2v) is 8.32. The molecule has 2 heterocycles. The Hall–Kier alpha value is -2.66. The third-order valence-electron chi connectivity index (χ3n) is 6.13. The monoisotopic (exact) mass is 436 g/mol. The minimum absolute atomic E-state index is 0.154. The molecular weight excluding hydrogens is 408 g/mol. The molecule has 0 spiro atoms. The molecule has 0 radical (unpaired) electrons. The minimum Gasteiger partial charge on any atom is -0.497 e. The third-order valence-corrected chi connectivity index (χ3v) is 6.44. The second kappa shape index (κ2) is 9.23. The van der Waals surface area contributed by atoms with Gasteiger partial charge in [-0.25, -0.2) is 9.97 Å². The molecule has 2 unspecified atom stereocenters. The van der Waals surface area contributed by atoms with Crippen LogP contribution in [0.25, 0.3) is 11.3 Å². The van der Waals surface area contributed by atoms with Gasteiger partial charge in [-0.1, -0.05) is 44.9 Å². The lowest BCUT2D eigenvalue weighted by molar-refractivity contribution is 0.415. The molecule has 6 heteroatoms. The topological polar surface area (TPSA) is 59.9 Å². The summed E-state index contributed by atoms with van der Waals surface area (Å²) in [7, 11) is 1.64. The highest BCUT2D eigenvalue weighted by atomic mass is 35.5. The van der Waals surface area contributed by atoms with Gasteiger partial charge in [0, 0.05) is 11.8 Å². The van der Waals surface area contributed by atoms with Crippen molar-refractivity contribution in [3.8, 4) is 17.0 Å². The Labute approximate surface area is 189 Å². The molecule has 0 aliphatic heterocycles. The second-order valence-electron chi connectivity index (χ2n) is 7.91. The zero-order chi connectivity index (χ0) is 22.0. The number of aryl methyl sites for hydroxylation is 2. The van der Waals surface area contributed by atoms with E-state index in [0.29, 0.717) is 10.9 Å². The smallest absolute Gasteiger partial charge is 0.148 e. The average Bonchev–Trinajstić information content (AvgIpc) is 3.16. The lowest BCUT2D eigenvalue weighted by atomic mass is 9.99. The Morgan fingerprint density at radius 3 is 2.58 bits per heavy atom. The Morgan fingerprint density at radius 2 is 1.90 bits per heavy atom. The number of halogens is 1. The molecule has 0 amide bonds. The summed E-state index contributed by atoms with van der Waals surface area (Å²) in [5, 5.41) is 4.33. The van der Waals surface area contributed by atoms with Crippen molar-refractivity contribution in [2.75, 3.05) is 12.4 Å². The highest BCUT2D eigenvalue weighted by Gasteiger charge is 2.33. The SMILES string of the molecule is CCc1nc(-c2ccc(OC)cc2Cl)c(CC)nc1NC1c2ncccc2CC1CC. The van der Waals surface area contributed by atoms with Crippen molar-refractivity contribution in [3.05, 3.63) is 64.2 Å². The van der Waals surface area contributed by atoms with Gasteiger partial charge in [0.05, 0.1) is 40.9 Å². The number of rotatable bonds is 7. The maximum absolute atomic E-state index is 6.57. The standard InChI is InChI=1S/C25H29ClN4O/c1-5-15-13-16-9-8-12-27-22(16)23(15)30-25-21(7-3)28-24(20(6-2)29-25)18-11-10-17(31-4)14-19(18)26/h8-12,14-15,23H,5-7,13H2,1-4H3,(H,29,30). The van der Waals surface area contributed by atoms with Crippen LogP contribution in [0.15, 0.2) is 36.5 Å². The highest BCUT2D eigenvalue weighted by molar-refractivity contribution is 6.33. The van der Waals surface area contributed by atoms with Gasteiger partial charge in [0.1, 0.15) is 11.6 Å². The molecule has 2 aromatic heterocycles. The average molecular weight is 437 g/mol. The zero-order valence-electron chi connectivity index (χ0n) is 18.6. The minimum atomic E-state index is 0.154. The van der Waals surface area contributed by atoms with E-state index in [0.717, 1.165) is 65.6 Å². The molecule has 3 aromatic rings. The van der Waals surface area contributed by atoms with Crippen molar-refractivity contribution in [1.82, 2.24) is 15.0 Å². The van der Waals surface area contributed by atoms with E-state index in [9.17, 15) is 0 Å². The van der Waals surface area contributed by atoms with Crippen LogP contribution in [0.5, 0.6) is 5.75 Å². The van der Waals surface area contributed by atoms with Crippen LogP contribution in [-0.4, -0.2) is 22.1 Å². The van der Waals surface area contributed by atoms with E-state index in [1.54, 1.807) is 7.11 Å². The van der Waals surface area contributed by atoms with Gasteiger partial charge >= 0.3 is 0 Å². The van der Waals surface area contributed by atoms with Gasteiger partial charge in [-0.15, -0.1) is 0 Å². The maximum Gasteiger partial charge on any atom is 0.148 e. The van der Waals surface area contributed by atoms with Crippen molar-refractivity contribution < 1.29 is 4.74 Å². The molecule has 31 heavy (non-hydrogen) atoms. The van der Waals surface area contributed by atoms with Gasteiger partial charge in [0.15, 0.2) is 0 Å². The first-order valence-electron chi connectivity index (χ1n) is 11.0. The molecule has 1 N–H and O–H groups in total. The number of hydrogen-bond acceptors (Lipinski definition) is 5. The van der Waals surface area contributed by atoms with Gasteiger partial charge in [-0.3, -0.25) is 4.98 Å². The summed E-state index contributed by atoms with van der Waals surface area (Å²) in [4.78, 5) is 14.7. The summed E-state index contributed by atoms with van der Waals surface area (Å²) in [5.74, 6) is 2.08. The van der Waals surface area contributed by atoms with Crippen molar-refractivity contribution >= 4 is 17.4 Å². The van der Waals surface area contributed by atoms with Crippen LogP contribution in [0.2, 0.25) is 5.02 Å². The molecule has 5 nitrogen and oxygen atoms in total. The highest BCUT2D eigenvalue weighted by Crippen LogP contribution is 2.40. The summed E-state index contributed by atoms with van der Waals surface area (Å²) in [6, 6.07) is 10.1. The number of ether oxygens (including phenoxy) is 1. The fraction of sp³-hybridized carbons (Fsp3) is 0.400. The van der Waals surface area contributed by atoms with E-state index in [-0.39, 0.29) is 6.04 Å². The lowest BCUT2D eigenvalue weighted by Crippen LogP contribution is -2.20. The first-order chi connectivity index (χ1) is 15.1. The van der Waals surface area contributed by atoms with Crippen molar-refractivity contribution in [2.45, 2.75) is 52.5 Å². The van der Waals surface area contributed by atoms with Crippen LogP contribution in [0.1, 0.15) is 55.9 Å². The van der Waals surface area contributed by atoms with Crippen LogP contribution >= 0.6 is 11.6 Å². The van der Waals surface area contributed by atoms with Crippen molar-refractivity contribution in [1.29, 1.82) is 0 Å². The summed E-state index contributed by atoms with van der Waals surface area (Å²) >= 11 is 6.57. The van der Waals surface area contributed by atoms with Crippen LogP contribution < -0.4 is 10.1 Å². The molecule has 0 saturated heterocycles. The van der Waals surface area contributed by atoms with Crippen LogP contribution in [0.4, 0.5) is 5.82 Å². The maximum atomic E-state index is 6.57. The first-order valence-corrected chi connectivity index (χ1v) is 11.4. The molecule has 162 valence electrons. The number of anilines is 1. The predicted molar refractivity (Wildman–Crippen MR) is 126 cm³/mol. The van der Waals surface area contributed by atoms with Crippen molar-refractivity contribution in [3.63, 3.8) is 0 Å². The molecule has 0 saturated carbocycles. The summed E-state index contributed by atoms with van der Waals surface area (Å²) < 4.78 is 5.29. The summed E-state index contributed by atoms with van der Waals surface area (Å²) in [6.45, 7) is 6.45. The fourth-order valence-corrected chi connectivity index (χ4v) is 4.64. The Bertz CT molecular complexity index is 1090. The van der Waals surface area contributed by atoms with E-state index >= 15 is 0 Å². The van der Waals surface area contributed by atoms with Crippen LogP contribution in [0.3, 0.4) is 0 Å². The summed E-state index contributed by atoms with van der Waals surface area (Å²) in [6.07, 6.45) is 5.55. The number of hydrogen-bond donors (Lipinski definition) is 1. The van der Waals surface area contributed by atoms with E-state index in [1.807, 2.05) is 30.5 Å². The molecule has 1 aliphatic rings. The van der Waals surface area contributed by atoms with Gasteiger partial charge < -0.3 is 10.1 Å². The number of nitrogens with one attached hydrogen (secondary N) is 1. The molecular formula is C25H29ClN4O. The predicted octanol–water partition coefficient (Wildman–Crippen LogP) is 6.06. The lowest BCUT2D eigenvalue weighted by Gasteiger charge is -2.23. The molecule has 0 bridgehead atoms. The Morgan fingerprint density at radius 1 is 1.10 bits per heavy atom. The summed E-state index contributed by atoms with van der Waals surface area (Å²) in [5.41, 5.74) is 6.06. The van der Waals surface area contributed by atoms with E-state index in [1.165, 1.54) is 5.56 Å². The Balaban J connectivity index is 1.75. The van der Waals surface area contributed by atoms with Crippen LogP contribution in [-0.2, 0) is 19.3 Å². The zero-order valence-corrected chi connectivity index (χ0v) is 19.3. The quantitative estimate of drug-likeness (QED) is 0.487. The van der Waals surface area contributed by atoms with E-state index in [2.05, 4.69) is 37.1 Å². The van der Waals surface area contributed by atoms with Crippen molar-refractivity contribution in [2.24, 2.45) is 5.92 Å². The number of fused-ring (bicyclic) bond motifs is 1. The normalized spacial score (nSPS) is 17.5. The molecule has 4 rings (SSSR count). The number of methoxy groups -OCH3 is 1. The Kier molecular flexibility index (Phi) is 6.42.